The van der Waals surface area contributed by atoms with Gasteiger partial charge in [-0.2, -0.15) is 0 Å². The molecule has 1 aliphatic carbocycles. The molecule has 1 saturated carbocycles. The van der Waals surface area contributed by atoms with Crippen LogP contribution < -0.4 is 0 Å². The molecular weight excluding hydrogens is 262 g/mol. The van der Waals surface area contributed by atoms with Crippen molar-refractivity contribution in [3.63, 3.8) is 0 Å². The molecule has 19 heavy (non-hydrogen) atoms. The first-order valence-electron chi connectivity index (χ1n) is 7.33. The molecule has 2 atom stereocenters. The molecule has 0 unspecified atom stereocenters. The highest BCUT2D eigenvalue weighted by Crippen LogP contribution is 2.35. The highest BCUT2D eigenvalue weighted by atomic mass is 32.2. The lowest BCUT2D eigenvalue weighted by Crippen LogP contribution is -2.56. The van der Waals surface area contributed by atoms with Gasteiger partial charge in [0.25, 0.3) is 5.91 Å². The number of amides is 1. The van der Waals surface area contributed by atoms with E-state index in [1.54, 1.807) is 0 Å². The van der Waals surface area contributed by atoms with Gasteiger partial charge < -0.3 is 9.64 Å². The Labute approximate surface area is 118 Å². The van der Waals surface area contributed by atoms with Crippen molar-refractivity contribution in [1.82, 2.24) is 4.90 Å². The molecule has 0 N–H and O–H groups in total. The van der Waals surface area contributed by atoms with Crippen molar-refractivity contribution in [2.24, 2.45) is 0 Å². The fraction of sp³-hybridized carbons (Fsp3) is 0.929. The lowest BCUT2D eigenvalue weighted by molar-refractivity contribution is -0.157. The van der Waals surface area contributed by atoms with Crippen LogP contribution in [0.25, 0.3) is 0 Å². The number of hydrogen-bond donors (Lipinski definition) is 0. The van der Waals surface area contributed by atoms with E-state index in [-0.39, 0.29) is 16.4 Å². The minimum absolute atomic E-state index is 0.0628. The minimum Gasteiger partial charge on any atom is -0.365 e. The van der Waals surface area contributed by atoms with Crippen LogP contribution >= 0.6 is 0 Å². The predicted octanol–water partition coefficient (Wildman–Crippen LogP) is 1.70. The van der Waals surface area contributed by atoms with Crippen molar-refractivity contribution >= 4 is 16.7 Å². The number of carbonyl (C=O) groups excluding carboxylic acids is 1. The molecule has 0 aromatic carbocycles. The number of hydrogen-bond acceptors (Lipinski definition) is 3. The fourth-order valence-corrected chi connectivity index (χ4v) is 4.78. The maximum atomic E-state index is 12.8. The topological polar surface area (TPSA) is 46.6 Å². The molecule has 0 radical (unpaired) electrons. The molecule has 110 valence electrons. The van der Waals surface area contributed by atoms with Gasteiger partial charge in [-0.05, 0) is 46.5 Å². The zero-order valence-corrected chi connectivity index (χ0v) is 13.0. The van der Waals surface area contributed by atoms with Crippen molar-refractivity contribution in [3.05, 3.63) is 0 Å². The lowest BCUT2D eigenvalue weighted by atomic mass is 9.99. The zero-order chi connectivity index (χ0) is 14.0. The summed E-state index contributed by atoms with van der Waals surface area (Å²) in [6.07, 6.45) is 3.80. The summed E-state index contributed by atoms with van der Waals surface area (Å²) in [7, 11) is -0.820. The maximum Gasteiger partial charge on any atom is 0.254 e. The Morgan fingerprint density at radius 1 is 1.26 bits per heavy atom. The summed E-state index contributed by atoms with van der Waals surface area (Å²) >= 11 is 0. The summed E-state index contributed by atoms with van der Waals surface area (Å²) in [6.45, 7) is 7.66. The van der Waals surface area contributed by atoms with E-state index in [1.807, 2.05) is 25.7 Å². The van der Waals surface area contributed by atoms with Crippen molar-refractivity contribution in [2.45, 2.75) is 62.6 Å². The third-order valence-electron chi connectivity index (χ3n) is 4.26. The van der Waals surface area contributed by atoms with Gasteiger partial charge in [0.1, 0.15) is 5.60 Å². The van der Waals surface area contributed by atoms with E-state index >= 15 is 0 Å². The molecule has 4 nitrogen and oxygen atoms in total. The highest BCUT2D eigenvalue weighted by molar-refractivity contribution is 7.86. The molecule has 5 heteroatoms. The predicted molar refractivity (Wildman–Crippen MR) is 76.5 cm³/mol. The van der Waals surface area contributed by atoms with E-state index in [0.29, 0.717) is 19.7 Å². The summed E-state index contributed by atoms with van der Waals surface area (Å²) < 4.78 is 17.8. The third kappa shape index (κ3) is 2.87. The van der Waals surface area contributed by atoms with E-state index in [4.69, 9.17) is 4.74 Å². The van der Waals surface area contributed by atoms with Gasteiger partial charge >= 0.3 is 0 Å². The number of carbonyl (C=O) groups is 1. The molecule has 0 aromatic heterocycles. The second-order valence-corrected chi connectivity index (χ2v) is 8.06. The molecule has 1 heterocycles. The Kier molecular flexibility index (Phi) is 4.66. The molecule has 2 fully saturated rings. The normalized spacial score (nSPS) is 31.6. The fourth-order valence-electron chi connectivity index (χ4n) is 3.34. The van der Waals surface area contributed by atoms with Gasteiger partial charge in [0, 0.05) is 41.0 Å². The number of nitrogens with zero attached hydrogens (tertiary/aromatic N) is 1. The Morgan fingerprint density at radius 2 is 1.79 bits per heavy atom. The SMILES string of the molecule is CCOC1(C(=O)N2C[C@@H](C)S(=O)[C@H](C)C2)CCCC1. The summed E-state index contributed by atoms with van der Waals surface area (Å²) in [5.74, 6) is 0.127. The van der Waals surface area contributed by atoms with Gasteiger partial charge in [-0.15, -0.1) is 0 Å². The smallest absolute Gasteiger partial charge is 0.254 e. The first-order valence-corrected chi connectivity index (χ1v) is 8.60. The second kappa shape index (κ2) is 5.92. The van der Waals surface area contributed by atoms with Crippen LogP contribution in [0.15, 0.2) is 0 Å². The van der Waals surface area contributed by atoms with Gasteiger partial charge in [0.05, 0.1) is 0 Å². The quantitative estimate of drug-likeness (QED) is 0.794. The van der Waals surface area contributed by atoms with E-state index in [0.717, 1.165) is 25.7 Å². The van der Waals surface area contributed by atoms with Crippen LogP contribution in [0.5, 0.6) is 0 Å². The summed E-state index contributed by atoms with van der Waals surface area (Å²) in [5, 5.41) is 0.126. The van der Waals surface area contributed by atoms with Crippen LogP contribution in [0.4, 0.5) is 0 Å². The van der Waals surface area contributed by atoms with Gasteiger partial charge in [-0.25, -0.2) is 0 Å². The molecule has 0 aromatic rings. The van der Waals surface area contributed by atoms with Gasteiger partial charge in [-0.1, -0.05) is 0 Å². The second-order valence-electron chi connectivity index (χ2n) is 5.79. The van der Waals surface area contributed by atoms with Crippen LogP contribution in [-0.2, 0) is 20.3 Å². The minimum atomic E-state index is -0.820. The van der Waals surface area contributed by atoms with Crippen molar-refractivity contribution in [2.75, 3.05) is 19.7 Å². The summed E-state index contributed by atoms with van der Waals surface area (Å²) in [5.41, 5.74) is -0.590. The lowest BCUT2D eigenvalue weighted by Gasteiger charge is -2.39. The van der Waals surface area contributed by atoms with E-state index < -0.39 is 16.4 Å². The van der Waals surface area contributed by atoms with Crippen LogP contribution in [0.1, 0.15) is 46.5 Å². The standard InChI is InChI=1S/C14H25NO3S/c1-4-18-14(7-5-6-8-14)13(16)15-9-11(2)19(17)12(3)10-15/h11-12H,4-10H2,1-3H3/t11-,12-/m1/s1. The molecule has 0 bridgehead atoms. The zero-order valence-electron chi connectivity index (χ0n) is 12.2. The molecule has 1 aliphatic heterocycles. The average Bonchev–Trinajstić information content (AvgIpc) is 2.84. The summed E-state index contributed by atoms with van der Waals surface area (Å²) in [4.78, 5) is 14.7. The van der Waals surface area contributed by atoms with Crippen LogP contribution in [0.3, 0.4) is 0 Å². The van der Waals surface area contributed by atoms with Gasteiger partial charge in [0.2, 0.25) is 0 Å². The first kappa shape index (κ1) is 15.0. The molecule has 1 amide bonds. The highest BCUT2D eigenvalue weighted by Gasteiger charge is 2.46. The van der Waals surface area contributed by atoms with Crippen molar-refractivity contribution in [3.8, 4) is 0 Å². The van der Waals surface area contributed by atoms with E-state index in [2.05, 4.69) is 0 Å². The van der Waals surface area contributed by atoms with Crippen molar-refractivity contribution < 1.29 is 13.7 Å². The molecule has 1 saturated heterocycles. The third-order valence-corrected chi connectivity index (χ3v) is 6.14. The molecule has 2 aliphatic rings. The first-order chi connectivity index (χ1) is 9.00. The molecular formula is C14H25NO3S. The number of rotatable bonds is 3. The van der Waals surface area contributed by atoms with Gasteiger partial charge in [-0.3, -0.25) is 9.00 Å². The maximum absolute atomic E-state index is 12.8. The summed E-state index contributed by atoms with van der Waals surface area (Å²) in [6, 6.07) is 0. The Hall–Kier alpha value is -0.420. The van der Waals surface area contributed by atoms with E-state index in [9.17, 15) is 9.00 Å². The van der Waals surface area contributed by atoms with Crippen LogP contribution in [0, 0.1) is 0 Å². The Morgan fingerprint density at radius 3 is 2.26 bits per heavy atom. The largest absolute Gasteiger partial charge is 0.365 e. The van der Waals surface area contributed by atoms with Crippen molar-refractivity contribution in [1.29, 1.82) is 0 Å². The van der Waals surface area contributed by atoms with Crippen LogP contribution in [0.2, 0.25) is 0 Å². The van der Waals surface area contributed by atoms with Crippen LogP contribution in [-0.4, -0.2) is 50.8 Å². The monoisotopic (exact) mass is 287 g/mol. The van der Waals surface area contributed by atoms with E-state index in [1.165, 1.54) is 0 Å². The average molecular weight is 287 g/mol. The Bertz CT molecular complexity index is 352. The molecule has 2 rings (SSSR count). The Balaban J connectivity index is 2.12. The van der Waals surface area contributed by atoms with Gasteiger partial charge in [0.15, 0.2) is 0 Å². The number of ether oxygens (including phenoxy) is 1. The molecule has 0 spiro atoms.